The molecule has 1 amide bonds. The van der Waals surface area contributed by atoms with Gasteiger partial charge in [0.15, 0.2) is 6.10 Å². The van der Waals surface area contributed by atoms with Crippen LogP contribution in [0.3, 0.4) is 0 Å². The molecule has 1 aromatic carbocycles. The molecule has 2 aromatic rings. The van der Waals surface area contributed by atoms with E-state index in [9.17, 15) is 9.59 Å². The summed E-state index contributed by atoms with van der Waals surface area (Å²) in [5.74, 6) is -0.966. The van der Waals surface area contributed by atoms with Crippen molar-refractivity contribution in [3.05, 3.63) is 52.9 Å². The number of amides is 1. The fraction of sp³-hybridized carbons (Fsp3) is 0.176. The molecule has 120 valence electrons. The Morgan fingerprint density at radius 1 is 1.43 bits per heavy atom. The van der Waals surface area contributed by atoms with Crippen molar-refractivity contribution in [2.45, 2.75) is 13.0 Å². The van der Waals surface area contributed by atoms with Crippen molar-refractivity contribution in [1.29, 1.82) is 0 Å². The largest absolute Gasteiger partial charge is 0.449 e. The van der Waals surface area contributed by atoms with Crippen molar-refractivity contribution < 1.29 is 14.3 Å². The van der Waals surface area contributed by atoms with Crippen LogP contribution in [0, 0.1) is 0 Å². The molecule has 0 saturated heterocycles. The Morgan fingerprint density at radius 2 is 2.17 bits per heavy atom. The van der Waals surface area contributed by atoms with Crippen LogP contribution in [0.2, 0.25) is 5.02 Å². The molecule has 0 fully saturated rings. The molecule has 2 rings (SSSR count). The highest BCUT2D eigenvalue weighted by molar-refractivity contribution is 7.20. The number of carbonyl (C=O) groups excluding carboxylic acids is 2. The Hall–Kier alpha value is -2.11. The van der Waals surface area contributed by atoms with Crippen molar-refractivity contribution in [3.63, 3.8) is 0 Å². The maximum atomic E-state index is 11.8. The van der Waals surface area contributed by atoms with E-state index in [0.717, 1.165) is 15.0 Å². The van der Waals surface area contributed by atoms with Crippen LogP contribution in [0.25, 0.3) is 16.2 Å². The quantitative estimate of drug-likeness (QED) is 0.490. The summed E-state index contributed by atoms with van der Waals surface area (Å²) in [4.78, 5) is 24.2. The first-order valence-corrected chi connectivity index (χ1v) is 8.16. The van der Waals surface area contributed by atoms with Gasteiger partial charge in [-0.15, -0.1) is 17.9 Å². The van der Waals surface area contributed by atoms with Crippen LogP contribution in [0.15, 0.2) is 43.0 Å². The van der Waals surface area contributed by atoms with E-state index in [4.69, 9.17) is 16.3 Å². The Balaban J connectivity index is 2.01. The van der Waals surface area contributed by atoms with Gasteiger partial charge in [0.2, 0.25) is 0 Å². The molecule has 1 N–H and O–H groups in total. The second-order valence-corrected chi connectivity index (χ2v) is 6.18. The van der Waals surface area contributed by atoms with E-state index in [1.807, 2.05) is 24.3 Å². The first kappa shape index (κ1) is 17.2. The molecule has 0 bridgehead atoms. The van der Waals surface area contributed by atoms with Crippen LogP contribution in [0.5, 0.6) is 0 Å². The summed E-state index contributed by atoms with van der Waals surface area (Å²) in [6.07, 6.45) is 3.55. The predicted molar refractivity (Wildman–Crippen MR) is 94.6 cm³/mol. The zero-order valence-electron chi connectivity index (χ0n) is 12.5. The highest BCUT2D eigenvalue weighted by Gasteiger charge is 2.15. The van der Waals surface area contributed by atoms with Gasteiger partial charge < -0.3 is 10.1 Å². The third-order valence-corrected chi connectivity index (χ3v) is 4.67. The number of carbonyl (C=O) groups is 2. The average molecular weight is 350 g/mol. The molecule has 6 heteroatoms. The van der Waals surface area contributed by atoms with E-state index >= 15 is 0 Å². The van der Waals surface area contributed by atoms with Gasteiger partial charge >= 0.3 is 5.97 Å². The maximum Gasteiger partial charge on any atom is 0.331 e. The zero-order chi connectivity index (χ0) is 16.8. The van der Waals surface area contributed by atoms with Crippen LogP contribution in [-0.4, -0.2) is 24.5 Å². The molecule has 0 unspecified atom stereocenters. The summed E-state index contributed by atoms with van der Waals surface area (Å²) in [7, 11) is 0. The highest BCUT2D eigenvalue weighted by atomic mass is 35.5. The molecule has 4 nitrogen and oxygen atoms in total. The average Bonchev–Trinajstić information content (AvgIpc) is 2.87. The van der Waals surface area contributed by atoms with Crippen LogP contribution in [0.1, 0.15) is 11.8 Å². The summed E-state index contributed by atoms with van der Waals surface area (Å²) < 4.78 is 6.08. The summed E-state index contributed by atoms with van der Waals surface area (Å²) in [6, 6.07) is 7.73. The number of fused-ring (bicyclic) bond motifs is 1. The number of nitrogens with one attached hydrogen (secondary N) is 1. The predicted octanol–water partition coefficient (Wildman–Crippen LogP) is 3.80. The van der Waals surface area contributed by atoms with Gasteiger partial charge in [-0.2, -0.15) is 0 Å². The van der Waals surface area contributed by atoms with Gasteiger partial charge in [0.1, 0.15) is 0 Å². The van der Waals surface area contributed by atoms with Crippen LogP contribution in [-0.2, 0) is 14.3 Å². The lowest BCUT2D eigenvalue weighted by Gasteiger charge is -2.10. The molecular formula is C17H16ClNO3S. The van der Waals surface area contributed by atoms with Crippen molar-refractivity contribution in [2.75, 3.05) is 6.54 Å². The minimum Gasteiger partial charge on any atom is -0.449 e. The number of hydrogen-bond donors (Lipinski definition) is 1. The van der Waals surface area contributed by atoms with Crippen molar-refractivity contribution in [1.82, 2.24) is 5.32 Å². The van der Waals surface area contributed by atoms with Gasteiger partial charge in [0.05, 0.1) is 5.02 Å². The van der Waals surface area contributed by atoms with E-state index in [2.05, 4.69) is 11.9 Å². The molecular weight excluding hydrogens is 334 g/mol. The second-order valence-electron chi connectivity index (χ2n) is 4.72. The second kappa shape index (κ2) is 7.94. The molecule has 0 radical (unpaired) electrons. The third kappa shape index (κ3) is 4.43. The third-order valence-electron chi connectivity index (χ3n) is 3.01. The summed E-state index contributed by atoms with van der Waals surface area (Å²) in [5, 5.41) is 4.11. The maximum absolute atomic E-state index is 11.8. The van der Waals surface area contributed by atoms with E-state index in [1.54, 1.807) is 12.2 Å². The Labute approximate surface area is 143 Å². The minimum atomic E-state index is -0.870. The van der Waals surface area contributed by atoms with Crippen LogP contribution >= 0.6 is 22.9 Å². The smallest absolute Gasteiger partial charge is 0.331 e. The molecule has 1 atom stereocenters. The molecule has 0 spiro atoms. The summed E-state index contributed by atoms with van der Waals surface area (Å²) >= 11 is 7.77. The van der Waals surface area contributed by atoms with Gasteiger partial charge in [-0.05, 0) is 19.1 Å². The molecule has 0 aliphatic carbocycles. The number of rotatable bonds is 6. The fourth-order valence-electron chi connectivity index (χ4n) is 1.87. The standard InChI is InChI=1S/C17H16ClNO3S/c1-3-10-19-17(21)11(2)22-15(20)9-8-14-16(18)12-6-4-5-7-13(12)23-14/h3-9,11H,1,10H2,2H3,(H,19,21)/b9-8-/t11-/m0/s1. The van der Waals surface area contributed by atoms with Gasteiger partial charge in [-0.3, -0.25) is 4.79 Å². The van der Waals surface area contributed by atoms with Crippen LogP contribution < -0.4 is 5.32 Å². The summed E-state index contributed by atoms with van der Waals surface area (Å²) in [6.45, 7) is 5.33. The van der Waals surface area contributed by atoms with Gasteiger partial charge in [0, 0.05) is 27.6 Å². The minimum absolute atomic E-state index is 0.327. The number of ether oxygens (including phenoxy) is 1. The van der Waals surface area contributed by atoms with E-state index in [1.165, 1.54) is 24.3 Å². The summed E-state index contributed by atoms with van der Waals surface area (Å²) in [5.41, 5.74) is 0. The number of esters is 1. The first-order chi connectivity index (χ1) is 11.0. The Morgan fingerprint density at radius 3 is 2.87 bits per heavy atom. The van der Waals surface area contributed by atoms with E-state index in [0.29, 0.717) is 11.6 Å². The number of halogens is 1. The molecule has 0 aliphatic rings. The molecule has 0 saturated carbocycles. The number of thiophene rings is 1. The highest BCUT2D eigenvalue weighted by Crippen LogP contribution is 2.35. The van der Waals surface area contributed by atoms with Crippen molar-refractivity contribution in [2.24, 2.45) is 0 Å². The van der Waals surface area contributed by atoms with Gasteiger partial charge in [0.25, 0.3) is 5.91 Å². The van der Waals surface area contributed by atoms with Crippen molar-refractivity contribution >= 4 is 51.0 Å². The van der Waals surface area contributed by atoms with Crippen molar-refractivity contribution in [3.8, 4) is 0 Å². The van der Waals surface area contributed by atoms with Gasteiger partial charge in [-0.25, -0.2) is 4.79 Å². The zero-order valence-corrected chi connectivity index (χ0v) is 14.1. The number of benzene rings is 1. The lowest BCUT2D eigenvalue weighted by Crippen LogP contribution is -2.35. The van der Waals surface area contributed by atoms with Crippen LogP contribution in [0.4, 0.5) is 0 Å². The van der Waals surface area contributed by atoms with Gasteiger partial charge in [-0.1, -0.05) is 35.9 Å². The monoisotopic (exact) mass is 349 g/mol. The normalized spacial score (nSPS) is 12.3. The fourth-order valence-corrected chi connectivity index (χ4v) is 3.27. The molecule has 23 heavy (non-hydrogen) atoms. The first-order valence-electron chi connectivity index (χ1n) is 6.97. The lowest BCUT2D eigenvalue weighted by molar-refractivity contribution is -0.150. The van der Waals surface area contributed by atoms with E-state index < -0.39 is 12.1 Å². The molecule has 0 aliphatic heterocycles. The Kier molecular flexibility index (Phi) is 5.96. The lowest BCUT2D eigenvalue weighted by atomic mass is 10.2. The van der Waals surface area contributed by atoms with E-state index in [-0.39, 0.29) is 5.91 Å². The molecule has 1 heterocycles. The topological polar surface area (TPSA) is 55.4 Å². The number of hydrogen-bond acceptors (Lipinski definition) is 4. The Bertz CT molecular complexity index is 766. The molecule has 1 aromatic heterocycles. The SMILES string of the molecule is C=CCNC(=O)[C@H](C)OC(=O)/C=C\c1sc2ccccc2c1Cl.